The zero-order valence-electron chi connectivity index (χ0n) is 14.5. The minimum absolute atomic E-state index is 0.251. The number of nitrogens with one attached hydrogen (secondary N) is 1. The highest BCUT2D eigenvalue weighted by Gasteiger charge is 2.14. The Morgan fingerprint density at radius 1 is 0.962 bits per heavy atom. The summed E-state index contributed by atoms with van der Waals surface area (Å²) >= 11 is 0. The van der Waals surface area contributed by atoms with Crippen molar-refractivity contribution in [1.82, 2.24) is 15.0 Å². The van der Waals surface area contributed by atoms with Crippen molar-refractivity contribution in [3.05, 3.63) is 72.3 Å². The molecule has 0 bridgehead atoms. The number of hydrogen-bond acceptors (Lipinski definition) is 4. The van der Waals surface area contributed by atoms with Gasteiger partial charge in [-0.1, -0.05) is 18.2 Å². The normalized spacial score (nSPS) is 10.9. The molecule has 0 atom stereocenters. The van der Waals surface area contributed by atoms with Gasteiger partial charge in [0.15, 0.2) is 5.82 Å². The van der Waals surface area contributed by atoms with Crippen LogP contribution in [0.15, 0.2) is 60.9 Å². The number of pyridine rings is 1. The molecule has 4 aromatic rings. The number of nitrogens with zero attached hydrogens (tertiary/aromatic N) is 3. The van der Waals surface area contributed by atoms with E-state index in [1.807, 2.05) is 44.3 Å². The summed E-state index contributed by atoms with van der Waals surface area (Å²) in [5.41, 5.74) is 4.50. The van der Waals surface area contributed by atoms with Crippen LogP contribution in [-0.4, -0.2) is 22.0 Å². The Kier molecular flexibility index (Phi) is 4.05. The fourth-order valence-corrected chi connectivity index (χ4v) is 3.16. The molecule has 2 aromatic heterocycles. The molecule has 2 aromatic carbocycles. The monoisotopic (exact) mass is 344 g/mol. The molecule has 5 heteroatoms. The fourth-order valence-electron chi connectivity index (χ4n) is 3.16. The molecule has 26 heavy (non-hydrogen) atoms. The number of fused-ring (bicyclic) bond motifs is 1. The Balaban J connectivity index is 1.95. The Hall–Kier alpha value is -3.34. The van der Waals surface area contributed by atoms with Crippen LogP contribution in [0.2, 0.25) is 0 Å². The Bertz CT molecular complexity index is 1090. The van der Waals surface area contributed by atoms with Crippen molar-refractivity contribution in [3.63, 3.8) is 0 Å². The van der Waals surface area contributed by atoms with Gasteiger partial charge in [0.25, 0.3) is 0 Å². The summed E-state index contributed by atoms with van der Waals surface area (Å²) in [5.74, 6) is 1.11. The third-order valence-electron chi connectivity index (χ3n) is 4.42. The van der Waals surface area contributed by atoms with Crippen molar-refractivity contribution in [3.8, 4) is 22.5 Å². The van der Waals surface area contributed by atoms with Crippen LogP contribution in [0.1, 0.15) is 5.56 Å². The molecule has 4 nitrogen and oxygen atoms in total. The van der Waals surface area contributed by atoms with Crippen LogP contribution in [0, 0.1) is 12.7 Å². The predicted octanol–water partition coefficient (Wildman–Crippen LogP) is 4.85. The Labute approximate surface area is 150 Å². The fraction of sp³-hybridized carbons (Fsp3) is 0.0952. The Morgan fingerprint density at radius 3 is 2.54 bits per heavy atom. The highest BCUT2D eigenvalue weighted by molar-refractivity contribution is 5.97. The maximum atomic E-state index is 13.6. The van der Waals surface area contributed by atoms with E-state index in [0.29, 0.717) is 5.82 Å². The molecule has 0 aliphatic heterocycles. The number of rotatable bonds is 3. The van der Waals surface area contributed by atoms with Gasteiger partial charge < -0.3 is 5.32 Å². The number of aromatic nitrogens is 3. The van der Waals surface area contributed by atoms with E-state index in [9.17, 15) is 4.39 Å². The molecule has 0 saturated carbocycles. The number of aryl methyl sites for hydroxylation is 1. The summed E-state index contributed by atoms with van der Waals surface area (Å²) in [6.07, 6.45) is 3.47. The van der Waals surface area contributed by atoms with E-state index in [2.05, 4.69) is 15.3 Å². The lowest BCUT2D eigenvalue weighted by Crippen LogP contribution is -2.01. The lowest BCUT2D eigenvalue weighted by Gasteiger charge is -2.14. The van der Waals surface area contributed by atoms with Gasteiger partial charge in [0.1, 0.15) is 11.6 Å². The summed E-state index contributed by atoms with van der Waals surface area (Å²) in [5, 5.41) is 4.10. The van der Waals surface area contributed by atoms with Crippen LogP contribution in [0.25, 0.3) is 33.4 Å². The zero-order chi connectivity index (χ0) is 18.1. The average Bonchev–Trinajstić information content (AvgIpc) is 2.68. The third kappa shape index (κ3) is 2.77. The van der Waals surface area contributed by atoms with Gasteiger partial charge in [-0.2, -0.15) is 0 Å². The highest BCUT2D eigenvalue weighted by atomic mass is 19.1. The number of hydrogen-bond donors (Lipinski definition) is 1. The van der Waals surface area contributed by atoms with Crippen LogP contribution in [0.5, 0.6) is 0 Å². The van der Waals surface area contributed by atoms with Crippen LogP contribution in [0.3, 0.4) is 0 Å². The van der Waals surface area contributed by atoms with E-state index < -0.39 is 0 Å². The smallest absolute Gasteiger partial charge is 0.163 e. The van der Waals surface area contributed by atoms with Crippen molar-refractivity contribution in [2.24, 2.45) is 0 Å². The largest absolute Gasteiger partial charge is 0.373 e. The quantitative estimate of drug-likeness (QED) is 0.577. The number of benzene rings is 2. The molecule has 0 radical (unpaired) electrons. The van der Waals surface area contributed by atoms with Gasteiger partial charge >= 0.3 is 0 Å². The first-order valence-electron chi connectivity index (χ1n) is 8.33. The summed E-state index contributed by atoms with van der Waals surface area (Å²) in [7, 11) is 1.84. The molecule has 128 valence electrons. The first-order valence-corrected chi connectivity index (χ1v) is 8.33. The summed E-state index contributed by atoms with van der Waals surface area (Å²) < 4.78 is 13.6. The molecule has 0 amide bonds. The summed E-state index contributed by atoms with van der Waals surface area (Å²) in [6.45, 7) is 2.01. The van der Waals surface area contributed by atoms with E-state index in [4.69, 9.17) is 4.98 Å². The maximum absolute atomic E-state index is 13.6. The third-order valence-corrected chi connectivity index (χ3v) is 4.42. The van der Waals surface area contributed by atoms with Gasteiger partial charge in [0, 0.05) is 30.4 Å². The SMILES string of the molecule is CNc1nc(-c2cccnc2)nc2ccc(-c3cccc(F)c3)c(C)c12. The van der Waals surface area contributed by atoms with Gasteiger partial charge in [-0.05, 0) is 53.9 Å². The second-order valence-corrected chi connectivity index (χ2v) is 6.03. The average molecular weight is 344 g/mol. The van der Waals surface area contributed by atoms with E-state index in [0.717, 1.165) is 39.0 Å². The second kappa shape index (κ2) is 6.52. The molecule has 2 heterocycles. The molecular formula is C21H17FN4. The minimum Gasteiger partial charge on any atom is -0.373 e. The number of halogens is 1. The predicted molar refractivity (Wildman–Crippen MR) is 102 cm³/mol. The van der Waals surface area contributed by atoms with Crippen LogP contribution in [-0.2, 0) is 0 Å². The molecule has 0 aliphatic carbocycles. The molecule has 0 fully saturated rings. The topological polar surface area (TPSA) is 50.7 Å². The lowest BCUT2D eigenvalue weighted by atomic mass is 9.97. The first kappa shape index (κ1) is 16.1. The van der Waals surface area contributed by atoms with Crippen molar-refractivity contribution < 1.29 is 4.39 Å². The van der Waals surface area contributed by atoms with E-state index in [1.54, 1.807) is 18.5 Å². The second-order valence-electron chi connectivity index (χ2n) is 6.03. The van der Waals surface area contributed by atoms with Gasteiger partial charge in [0.05, 0.1) is 5.52 Å². The zero-order valence-corrected chi connectivity index (χ0v) is 14.5. The van der Waals surface area contributed by atoms with Crippen LogP contribution < -0.4 is 5.32 Å². The van der Waals surface area contributed by atoms with Crippen LogP contribution >= 0.6 is 0 Å². The van der Waals surface area contributed by atoms with Gasteiger partial charge in [-0.25, -0.2) is 14.4 Å². The van der Waals surface area contributed by atoms with Crippen molar-refractivity contribution in [2.75, 3.05) is 12.4 Å². The minimum atomic E-state index is -0.251. The standard InChI is InChI=1S/C21H17FN4/c1-13-17(14-5-3-7-16(22)11-14)8-9-18-19(13)21(23-2)26-20(25-18)15-6-4-10-24-12-15/h3-12H,1-2H3,(H,23,25,26). The summed E-state index contributed by atoms with van der Waals surface area (Å²) in [4.78, 5) is 13.5. The van der Waals surface area contributed by atoms with Crippen molar-refractivity contribution in [1.29, 1.82) is 0 Å². The van der Waals surface area contributed by atoms with E-state index in [1.165, 1.54) is 12.1 Å². The maximum Gasteiger partial charge on any atom is 0.163 e. The van der Waals surface area contributed by atoms with Gasteiger partial charge in [-0.15, -0.1) is 0 Å². The molecule has 4 rings (SSSR count). The first-order chi connectivity index (χ1) is 12.7. The van der Waals surface area contributed by atoms with Crippen molar-refractivity contribution >= 4 is 16.7 Å². The molecule has 1 N–H and O–H groups in total. The molecule has 0 unspecified atom stereocenters. The number of anilines is 1. The highest BCUT2D eigenvalue weighted by Crippen LogP contribution is 2.33. The molecule has 0 aliphatic rings. The van der Waals surface area contributed by atoms with Gasteiger partial charge in [-0.3, -0.25) is 4.98 Å². The van der Waals surface area contributed by atoms with Crippen molar-refractivity contribution in [2.45, 2.75) is 6.92 Å². The Morgan fingerprint density at radius 2 is 1.81 bits per heavy atom. The van der Waals surface area contributed by atoms with Crippen LogP contribution in [0.4, 0.5) is 10.2 Å². The summed E-state index contributed by atoms with van der Waals surface area (Å²) in [6, 6.07) is 14.3. The molecular weight excluding hydrogens is 327 g/mol. The van der Waals surface area contributed by atoms with Gasteiger partial charge in [0.2, 0.25) is 0 Å². The van der Waals surface area contributed by atoms with E-state index >= 15 is 0 Å². The lowest BCUT2D eigenvalue weighted by molar-refractivity contribution is 0.628. The molecule has 0 spiro atoms. The molecule has 0 saturated heterocycles. The van der Waals surface area contributed by atoms with E-state index in [-0.39, 0.29) is 5.82 Å².